The molecule has 0 bridgehead atoms. The van der Waals surface area contributed by atoms with E-state index in [2.05, 4.69) is 23.4 Å². The Kier molecular flexibility index (Phi) is 4.35. The fraction of sp³-hybridized carbons (Fsp3) is 1.00. The zero-order valence-electron chi connectivity index (χ0n) is 10.0. The molecule has 1 saturated carbocycles. The molecule has 2 unspecified atom stereocenters. The minimum atomic E-state index is 0.751. The number of nitrogens with one attached hydrogen (secondary N) is 1. The summed E-state index contributed by atoms with van der Waals surface area (Å²) in [6.07, 6.45) is 6.46. The molecule has 15 heavy (non-hydrogen) atoms. The normalized spacial score (nSPS) is 31.2. The molecule has 0 amide bonds. The van der Waals surface area contributed by atoms with Crippen molar-refractivity contribution in [1.29, 1.82) is 0 Å². The fourth-order valence-corrected chi connectivity index (χ4v) is 3.23. The fourth-order valence-electron chi connectivity index (χ4n) is 2.54. The summed E-state index contributed by atoms with van der Waals surface area (Å²) in [6, 6.07) is 1.54. The maximum absolute atomic E-state index is 3.72. The van der Waals surface area contributed by atoms with Crippen molar-refractivity contribution in [3.63, 3.8) is 0 Å². The Bertz CT molecular complexity index is 194. The molecule has 0 spiro atoms. The third-order valence-electron chi connectivity index (χ3n) is 3.68. The van der Waals surface area contributed by atoms with Gasteiger partial charge in [0.1, 0.15) is 0 Å². The third-order valence-corrected chi connectivity index (χ3v) is 4.50. The van der Waals surface area contributed by atoms with Crippen LogP contribution in [0.3, 0.4) is 0 Å². The van der Waals surface area contributed by atoms with Crippen LogP contribution in [0, 0.1) is 5.92 Å². The summed E-state index contributed by atoms with van der Waals surface area (Å²) in [5.74, 6) is 2.27. The van der Waals surface area contributed by atoms with Crippen LogP contribution in [0.25, 0.3) is 0 Å². The van der Waals surface area contributed by atoms with E-state index in [1.807, 2.05) is 11.8 Å². The highest BCUT2D eigenvalue weighted by Gasteiger charge is 2.33. The number of rotatable bonds is 4. The Morgan fingerprint density at radius 2 is 2.27 bits per heavy atom. The van der Waals surface area contributed by atoms with E-state index < -0.39 is 0 Å². The van der Waals surface area contributed by atoms with Gasteiger partial charge in [0.05, 0.1) is 0 Å². The summed E-state index contributed by atoms with van der Waals surface area (Å²) in [6.45, 7) is 6.18. The van der Waals surface area contributed by atoms with Crippen LogP contribution in [0.5, 0.6) is 0 Å². The van der Waals surface area contributed by atoms with Crippen LogP contribution in [-0.2, 0) is 0 Å². The first-order valence-electron chi connectivity index (χ1n) is 6.27. The zero-order chi connectivity index (χ0) is 10.7. The van der Waals surface area contributed by atoms with Gasteiger partial charge in [-0.05, 0) is 51.4 Å². The lowest BCUT2D eigenvalue weighted by Crippen LogP contribution is -2.43. The largest absolute Gasteiger partial charge is 0.312 e. The lowest BCUT2D eigenvalue weighted by Gasteiger charge is -2.29. The molecule has 2 aliphatic rings. The maximum Gasteiger partial charge on any atom is 0.0223 e. The number of nitrogens with zero attached hydrogens (tertiary/aromatic N) is 1. The minimum Gasteiger partial charge on any atom is -0.312 e. The van der Waals surface area contributed by atoms with Crippen molar-refractivity contribution in [2.45, 2.75) is 38.3 Å². The number of thioether (sulfide) groups is 1. The van der Waals surface area contributed by atoms with Crippen LogP contribution in [0.2, 0.25) is 0 Å². The van der Waals surface area contributed by atoms with Crippen LogP contribution in [0.1, 0.15) is 26.2 Å². The second-order valence-corrected chi connectivity index (χ2v) is 5.96. The molecule has 0 radical (unpaired) electrons. The molecule has 1 aliphatic heterocycles. The van der Waals surface area contributed by atoms with E-state index in [4.69, 9.17) is 0 Å². The molecule has 88 valence electrons. The average molecular weight is 228 g/mol. The van der Waals surface area contributed by atoms with Crippen molar-refractivity contribution in [1.82, 2.24) is 10.2 Å². The van der Waals surface area contributed by atoms with Gasteiger partial charge in [-0.2, -0.15) is 11.8 Å². The second kappa shape index (κ2) is 5.55. The summed E-state index contributed by atoms with van der Waals surface area (Å²) >= 11 is 1.97. The summed E-state index contributed by atoms with van der Waals surface area (Å²) in [5.41, 5.74) is 0. The molecular formula is C12H24N2S. The smallest absolute Gasteiger partial charge is 0.0223 e. The van der Waals surface area contributed by atoms with Gasteiger partial charge >= 0.3 is 0 Å². The van der Waals surface area contributed by atoms with Crippen molar-refractivity contribution >= 4 is 11.8 Å². The molecule has 2 nitrogen and oxygen atoms in total. The van der Waals surface area contributed by atoms with Gasteiger partial charge in [0.15, 0.2) is 0 Å². The zero-order valence-corrected chi connectivity index (χ0v) is 10.9. The molecule has 1 aliphatic carbocycles. The average Bonchev–Trinajstić information content (AvgIpc) is 3.04. The highest BCUT2D eigenvalue weighted by Crippen LogP contribution is 2.33. The topological polar surface area (TPSA) is 15.3 Å². The quantitative estimate of drug-likeness (QED) is 0.790. The lowest BCUT2D eigenvalue weighted by atomic mass is 10.1. The van der Waals surface area contributed by atoms with E-state index >= 15 is 0 Å². The highest BCUT2D eigenvalue weighted by molar-refractivity contribution is 7.98. The first-order valence-corrected chi connectivity index (χ1v) is 7.67. The van der Waals surface area contributed by atoms with Crippen LogP contribution < -0.4 is 5.32 Å². The third kappa shape index (κ3) is 3.36. The van der Waals surface area contributed by atoms with Gasteiger partial charge < -0.3 is 5.32 Å². The highest BCUT2D eigenvalue weighted by atomic mass is 32.2. The molecule has 0 aromatic rings. The molecule has 2 atom stereocenters. The summed E-state index contributed by atoms with van der Waals surface area (Å²) in [7, 11) is 0. The summed E-state index contributed by atoms with van der Waals surface area (Å²) < 4.78 is 0. The van der Waals surface area contributed by atoms with E-state index in [1.54, 1.807) is 0 Å². The number of hydrogen-bond acceptors (Lipinski definition) is 3. The molecular weight excluding hydrogens is 204 g/mol. The van der Waals surface area contributed by atoms with Crippen molar-refractivity contribution in [2.75, 3.05) is 31.6 Å². The predicted octanol–water partition coefficient (Wildman–Crippen LogP) is 1.81. The van der Waals surface area contributed by atoms with Crippen LogP contribution >= 0.6 is 11.8 Å². The molecule has 3 heteroatoms. The predicted molar refractivity (Wildman–Crippen MR) is 68.5 cm³/mol. The van der Waals surface area contributed by atoms with E-state index in [1.165, 1.54) is 44.6 Å². The van der Waals surface area contributed by atoms with Gasteiger partial charge in [-0.3, -0.25) is 4.90 Å². The molecule has 2 rings (SSSR count). The first-order chi connectivity index (χ1) is 7.31. The molecule has 2 fully saturated rings. The lowest BCUT2D eigenvalue weighted by molar-refractivity contribution is 0.214. The van der Waals surface area contributed by atoms with Crippen LogP contribution in [0.4, 0.5) is 0 Å². The standard InChI is InChI=1S/C12H24N2S/c1-10(9-15-2)14-7-3-6-13-12(8-14)11-4-5-11/h10-13H,3-9H2,1-2H3. The van der Waals surface area contributed by atoms with E-state index in [9.17, 15) is 0 Å². The van der Waals surface area contributed by atoms with Gasteiger partial charge in [0, 0.05) is 24.4 Å². The van der Waals surface area contributed by atoms with Crippen molar-refractivity contribution < 1.29 is 0 Å². The van der Waals surface area contributed by atoms with E-state index in [0.717, 1.165) is 18.0 Å². The van der Waals surface area contributed by atoms with Gasteiger partial charge in [0.25, 0.3) is 0 Å². The van der Waals surface area contributed by atoms with Crippen molar-refractivity contribution in [2.24, 2.45) is 5.92 Å². The molecule has 1 saturated heterocycles. The van der Waals surface area contributed by atoms with Gasteiger partial charge in [0.2, 0.25) is 0 Å². The summed E-state index contributed by atoms with van der Waals surface area (Å²) in [4.78, 5) is 2.69. The molecule has 1 N–H and O–H groups in total. The van der Waals surface area contributed by atoms with Crippen molar-refractivity contribution in [3.05, 3.63) is 0 Å². The Morgan fingerprint density at radius 3 is 2.93 bits per heavy atom. The Labute approximate surface area is 98.2 Å². The molecule has 0 aromatic heterocycles. The Hall–Kier alpha value is 0.270. The first kappa shape index (κ1) is 11.7. The van der Waals surface area contributed by atoms with Crippen LogP contribution in [0.15, 0.2) is 0 Å². The maximum atomic E-state index is 3.72. The Balaban J connectivity index is 1.86. The van der Waals surface area contributed by atoms with Gasteiger partial charge in [-0.15, -0.1) is 0 Å². The van der Waals surface area contributed by atoms with E-state index in [0.29, 0.717) is 0 Å². The SMILES string of the molecule is CSCC(C)N1CCCNC(C2CC2)C1. The monoisotopic (exact) mass is 228 g/mol. The molecule has 1 heterocycles. The Morgan fingerprint density at radius 1 is 1.47 bits per heavy atom. The second-order valence-electron chi connectivity index (χ2n) is 5.05. The van der Waals surface area contributed by atoms with Crippen molar-refractivity contribution in [3.8, 4) is 0 Å². The summed E-state index contributed by atoms with van der Waals surface area (Å²) in [5, 5.41) is 3.72. The van der Waals surface area contributed by atoms with Gasteiger partial charge in [-0.25, -0.2) is 0 Å². The van der Waals surface area contributed by atoms with Gasteiger partial charge in [-0.1, -0.05) is 0 Å². The van der Waals surface area contributed by atoms with E-state index in [-0.39, 0.29) is 0 Å². The molecule has 0 aromatic carbocycles. The number of hydrogen-bond donors (Lipinski definition) is 1. The van der Waals surface area contributed by atoms with Crippen LogP contribution in [-0.4, -0.2) is 48.6 Å². The minimum absolute atomic E-state index is 0.751.